The van der Waals surface area contributed by atoms with E-state index in [2.05, 4.69) is 5.32 Å². The van der Waals surface area contributed by atoms with Crippen molar-refractivity contribution >= 4 is 23.6 Å². The van der Waals surface area contributed by atoms with Crippen LogP contribution >= 0.6 is 11.6 Å². The van der Waals surface area contributed by atoms with Crippen LogP contribution in [-0.4, -0.2) is 19.1 Å². The van der Waals surface area contributed by atoms with Crippen LogP contribution in [0.25, 0.3) is 6.08 Å². The van der Waals surface area contributed by atoms with E-state index in [1.165, 1.54) is 6.08 Å². The van der Waals surface area contributed by atoms with Gasteiger partial charge in [0.1, 0.15) is 12.4 Å². The highest BCUT2D eigenvalue weighted by Gasteiger charge is 2.10. The zero-order valence-electron chi connectivity index (χ0n) is 10.1. The highest BCUT2D eigenvalue weighted by atomic mass is 35.5. The van der Waals surface area contributed by atoms with Crippen molar-refractivity contribution in [2.75, 3.05) is 13.2 Å². The van der Waals surface area contributed by atoms with Gasteiger partial charge in [0, 0.05) is 23.2 Å². The Morgan fingerprint density at radius 1 is 1.56 bits per heavy atom. The predicted octanol–water partition coefficient (Wildman–Crippen LogP) is 2.81. The van der Waals surface area contributed by atoms with Gasteiger partial charge in [-0.05, 0) is 36.8 Å². The SMILES string of the molecule is CCNC(=O)/C=C/C1=Cc2cc(Cl)ccc2OC1. The molecule has 2 rings (SSSR count). The fourth-order valence-electron chi connectivity index (χ4n) is 1.68. The summed E-state index contributed by atoms with van der Waals surface area (Å²) in [7, 11) is 0. The van der Waals surface area contributed by atoms with E-state index in [-0.39, 0.29) is 5.91 Å². The van der Waals surface area contributed by atoms with Crippen molar-refractivity contribution < 1.29 is 9.53 Å². The second-order valence-corrected chi connectivity index (χ2v) is 4.35. The number of halogens is 1. The number of likely N-dealkylation sites (N-methyl/N-ethyl adjacent to an activating group) is 1. The number of rotatable bonds is 3. The molecule has 1 aromatic carbocycles. The molecule has 0 bridgehead atoms. The maximum absolute atomic E-state index is 11.3. The smallest absolute Gasteiger partial charge is 0.243 e. The van der Waals surface area contributed by atoms with Crippen LogP contribution in [-0.2, 0) is 4.79 Å². The summed E-state index contributed by atoms with van der Waals surface area (Å²) in [5.74, 6) is 0.713. The van der Waals surface area contributed by atoms with E-state index in [0.717, 1.165) is 16.9 Å². The van der Waals surface area contributed by atoms with E-state index < -0.39 is 0 Å². The van der Waals surface area contributed by atoms with Crippen LogP contribution < -0.4 is 10.1 Å². The molecule has 3 nitrogen and oxygen atoms in total. The largest absolute Gasteiger partial charge is 0.488 e. The Kier molecular flexibility index (Phi) is 4.05. The molecule has 0 aromatic heterocycles. The average Bonchev–Trinajstić information content (AvgIpc) is 2.36. The van der Waals surface area contributed by atoms with Gasteiger partial charge in [0.2, 0.25) is 5.91 Å². The van der Waals surface area contributed by atoms with Gasteiger partial charge in [-0.1, -0.05) is 17.7 Å². The second-order valence-electron chi connectivity index (χ2n) is 3.92. The van der Waals surface area contributed by atoms with Crippen LogP contribution in [0.1, 0.15) is 12.5 Å². The predicted molar refractivity (Wildman–Crippen MR) is 72.7 cm³/mol. The first-order valence-corrected chi connectivity index (χ1v) is 6.15. The van der Waals surface area contributed by atoms with Crippen LogP contribution in [0.3, 0.4) is 0 Å². The maximum atomic E-state index is 11.3. The third-order valence-corrected chi connectivity index (χ3v) is 2.74. The van der Waals surface area contributed by atoms with Crippen LogP contribution in [0.15, 0.2) is 35.9 Å². The Morgan fingerprint density at radius 3 is 3.17 bits per heavy atom. The normalized spacial score (nSPS) is 13.8. The number of nitrogens with one attached hydrogen (secondary N) is 1. The molecule has 1 aliphatic rings. The summed E-state index contributed by atoms with van der Waals surface area (Å²) < 4.78 is 5.57. The molecule has 0 unspecified atom stereocenters. The van der Waals surface area contributed by atoms with E-state index in [0.29, 0.717) is 18.2 Å². The minimum Gasteiger partial charge on any atom is -0.488 e. The van der Waals surface area contributed by atoms with Gasteiger partial charge in [-0.2, -0.15) is 0 Å². The van der Waals surface area contributed by atoms with E-state index in [9.17, 15) is 4.79 Å². The van der Waals surface area contributed by atoms with Crippen molar-refractivity contribution in [3.63, 3.8) is 0 Å². The van der Waals surface area contributed by atoms with E-state index in [1.54, 1.807) is 12.1 Å². The minimum atomic E-state index is -0.102. The first-order chi connectivity index (χ1) is 8.69. The Balaban J connectivity index is 2.15. The lowest BCUT2D eigenvalue weighted by Crippen LogP contribution is -2.20. The van der Waals surface area contributed by atoms with Gasteiger partial charge in [-0.25, -0.2) is 0 Å². The molecular formula is C14H14ClNO2. The zero-order chi connectivity index (χ0) is 13.0. The molecule has 1 amide bonds. The van der Waals surface area contributed by atoms with Crippen molar-refractivity contribution in [3.8, 4) is 5.75 Å². The van der Waals surface area contributed by atoms with Crippen molar-refractivity contribution in [2.45, 2.75) is 6.92 Å². The Morgan fingerprint density at radius 2 is 2.39 bits per heavy atom. The van der Waals surface area contributed by atoms with Crippen LogP contribution in [0.5, 0.6) is 5.75 Å². The molecular weight excluding hydrogens is 250 g/mol. The highest BCUT2D eigenvalue weighted by Crippen LogP contribution is 2.29. The number of hydrogen-bond acceptors (Lipinski definition) is 2. The summed E-state index contributed by atoms with van der Waals surface area (Å²) in [5.41, 5.74) is 1.88. The molecule has 0 atom stereocenters. The third-order valence-electron chi connectivity index (χ3n) is 2.51. The Hall–Kier alpha value is -1.74. The molecule has 0 radical (unpaired) electrons. The first-order valence-electron chi connectivity index (χ1n) is 5.78. The van der Waals surface area contributed by atoms with Gasteiger partial charge in [-0.15, -0.1) is 0 Å². The third kappa shape index (κ3) is 3.14. The fraction of sp³-hybridized carbons (Fsp3) is 0.214. The summed E-state index contributed by atoms with van der Waals surface area (Å²) in [6.45, 7) is 2.97. The maximum Gasteiger partial charge on any atom is 0.243 e. The lowest BCUT2D eigenvalue weighted by Gasteiger charge is -2.16. The van der Waals surface area contributed by atoms with Crippen molar-refractivity contribution in [1.82, 2.24) is 5.32 Å². The lowest BCUT2D eigenvalue weighted by molar-refractivity contribution is -0.116. The summed E-state index contributed by atoms with van der Waals surface area (Å²) >= 11 is 5.93. The van der Waals surface area contributed by atoms with Gasteiger partial charge in [0.05, 0.1) is 0 Å². The highest BCUT2D eigenvalue weighted by molar-refractivity contribution is 6.30. The number of benzene rings is 1. The Labute approximate surface area is 111 Å². The molecule has 0 fully saturated rings. The average molecular weight is 264 g/mol. The quantitative estimate of drug-likeness (QED) is 0.852. The lowest BCUT2D eigenvalue weighted by atomic mass is 10.1. The molecule has 1 aliphatic heterocycles. The molecule has 1 aromatic rings. The van der Waals surface area contributed by atoms with Gasteiger partial charge >= 0.3 is 0 Å². The van der Waals surface area contributed by atoms with E-state index in [4.69, 9.17) is 16.3 Å². The number of hydrogen-bond donors (Lipinski definition) is 1. The number of carbonyl (C=O) groups excluding carboxylic acids is 1. The summed E-state index contributed by atoms with van der Waals surface area (Å²) in [6.07, 6.45) is 5.24. The van der Waals surface area contributed by atoms with Crippen LogP contribution in [0.2, 0.25) is 5.02 Å². The number of carbonyl (C=O) groups is 1. The zero-order valence-corrected chi connectivity index (χ0v) is 10.8. The Bertz CT molecular complexity index is 521. The first kappa shape index (κ1) is 12.7. The van der Waals surface area contributed by atoms with Crippen molar-refractivity contribution in [1.29, 1.82) is 0 Å². The van der Waals surface area contributed by atoms with Gasteiger partial charge in [-0.3, -0.25) is 4.79 Å². The molecule has 1 N–H and O–H groups in total. The summed E-state index contributed by atoms with van der Waals surface area (Å²) in [4.78, 5) is 11.3. The number of amides is 1. The molecule has 0 saturated heterocycles. The molecule has 18 heavy (non-hydrogen) atoms. The minimum absolute atomic E-state index is 0.102. The van der Waals surface area contributed by atoms with Gasteiger partial charge < -0.3 is 10.1 Å². The van der Waals surface area contributed by atoms with Crippen LogP contribution in [0.4, 0.5) is 0 Å². The van der Waals surface area contributed by atoms with Crippen molar-refractivity contribution in [3.05, 3.63) is 46.5 Å². The molecule has 0 saturated carbocycles. The van der Waals surface area contributed by atoms with Crippen LogP contribution in [0, 0.1) is 0 Å². The van der Waals surface area contributed by atoms with E-state index >= 15 is 0 Å². The summed E-state index contributed by atoms with van der Waals surface area (Å²) in [6, 6.07) is 5.48. The van der Waals surface area contributed by atoms with Crippen molar-refractivity contribution in [2.24, 2.45) is 0 Å². The second kappa shape index (κ2) is 5.74. The molecule has 4 heteroatoms. The fourth-order valence-corrected chi connectivity index (χ4v) is 1.86. The standard InChI is InChI=1S/C14H14ClNO2/c1-2-16-14(17)6-3-10-7-11-8-12(15)4-5-13(11)18-9-10/h3-8H,2,9H2,1H3,(H,16,17)/b6-3+. The van der Waals surface area contributed by atoms with Gasteiger partial charge in [0.25, 0.3) is 0 Å². The van der Waals surface area contributed by atoms with E-state index in [1.807, 2.05) is 25.1 Å². The molecule has 0 spiro atoms. The van der Waals surface area contributed by atoms with Gasteiger partial charge in [0.15, 0.2) is 0 Å². The molecule has 0 aliphatic carbocycles. The molecule has 94 valence electrons. The summed E-state index contributed by atoms with van der Waals surface area (Å²) in [5, 5.41) is 3.37. The number of fused-ring (bicyclic) bond motifs is 1. The number of ether oxygens (including phenoxy) is 1. The monoisotopic (exact) mass is 263 g/mol. The molecule has 1 heterocycles. The topological polar surface area (TPSA) is 38.3 Å².